The summed E-state index contributed by atoms with van der Waals surface area (Å²) in [6.07, 6.45) is 1.71. The largest absolute Gasteiger partial charge is 0.462 e. The molecule has 8 heteroatoms. The Hall–Kier alpha value is -3.23. The van der Waals surface area contributed by atoms with Crippen LogP contribution in [0.3, 0.4) is 0 Å². The van der Waals surface area contributed by atoms with Crippen LogP contribution in [0.15, 0.2) is 30.3 Å². The second kappa shape index (κ2) is 8.28. The van der Waals surface area contributed by atoms with Gasteiger partial charge in [-0.15, -0.1) is 22.7 Å². The smallest absolute Gasteiger partial charge is 0.341 e. The minimum atomic E-state index is -0.431. The number of pyridine rings is 1. The maximum Gasteiger partial charge on any atom is 0.341 e. The highest BCUT2D eigenvalue weighted by atomic mass is 32.1. The number of nitrogens with one attached hydrogen (secondary N) is 1. The van der Waals surface area contributed by atoms with Gasteiger partial charge in [0.05, 0.1) is 12.3 Å². The zero-order valence-electron chi connectivity index (χ0n) is 18.6. The molecular weight excluding hydrogens is 454 g/mol. The molecule has 0 spiro atoms. The third kappa shape index (κ3) is 3.59. The fraction of sp³-hybridized carbons (Fsp3) is 0.240. The van der Waals surface area contributed by atoms with E-state index in [0.29, 0.717) is 21.1 Å². The molecule has 0 saturated heterocycles. The van der Waals surface area contributed by atoms with Gasteiger partial charge < -0.3 is 15.8 Å². The van der Waals surface area contributed by atoms with E-state index in [9.17, 15) is 9.59 Å². The molecular formula is C25H23N3O3S2. The standard InChI is InChI=1S/C25H23N3O3S2/c1-4-31-25(30)19-18-15-8-6-5-7-14(15)9-10-16(18)32-24(19)28-22(29)21-20(26)17-12(2)11-13(3)27-23(17)33-21/h5-8,11H,4,9-10,26H2,1-3H3,(H,28,29). The molecule has 5 rings (SSSR count). The van der Waals surface area contributed by atoms with Crippen molar-refractivity contribution in [2.24, 2.45) is 0 Å². The van der Waals surface area contributed by atoms with Crippen LogP contribution < -0.4 is 11.1 Å². The van der Waals surface area contributed by atoms with Crippen molar-refractivity contribution < 1.29 is 14.3 Å². The van der Waals surface area contributed by atoms with E-state index in [4.69, 9.17) is 10.5 Å². The number of fused-ring (bicyclic) bond motifs is 4. The van der Waals surface area contributed by atoms with Gasteiger partial charge >= 0.3 is 5.97 Å². The Morgan fingerprint density at radius 2 is 1.97 bits per heavy atom. The second-order valence-electron chi connectivity index (χ2n) is 8.04. The van der Waals surface area contributed by atoms with E-state index < -0.39 is 5.97 Å². The van der Waals surface area contributed by atoms with Gasteiger partial charge in [-0.05, 0) is 56.4 Å². The first-order valence-corrected chi connectivity index (χ1v) is 12.4. The van der Waals surface area contributed by atoms with Crippen LogP contribution in [0.1, 0.15) is 48.7 Å². The molecule has 0 atom stereocenters. The number of nitrogens with two attached hydrogens (primary N) is 1. The van der Waals surface area contributed by atoms with Gasteiger partial charge in [0.25, 0.3) is 5.91 Å². The highest BCUT2D eigenvalue weighted by Crippen LogP contribution is 2.46. The van der Waals surface area contributed by atoms with Crippen LogP contribution in [0, 0.1) is 13.8 Å². The summed E-state index contributed by atoms with van der Waals surface area (Å²) >= 11 is 2.70. The monoisotopic (exact) mass is 477 g/mol. The maximum atomic E-state index is 13.3. The molecule has 33 heavy (non-hydrogen) atoms. The van der Waals surface area contributed by atoms with Gasteiger partial charge in [0.2, 0.25) is 0 Å². The van der Waals surface area contributed by atoms with Crippen LogP contribution in [0.5, 0.6) is 0 Å². The fourth-order valence-electron chi connectivity index (χ4n) is 4.45. The number of rotatable bonds is 4. The van der Waals surface area contributed by atoms with Gasteiger partial charge in [0, 0.05) is 21.5 Å². The number of nitrogen functional groups attached to an aromatic ring is 1. The van der Waals surface area contributed by atoms with Crippen LogP contribution in [0.2, 0.25) is 0 Å². The Morgan fingerprint density at radius 1 is 1.18 bits per heavy atom. The highest BCUT2D eigenvalue weighted by Gasteiger charge is 2.31. The molecule has 3 aromatic heterocycles. The summed E-state index contributed by atoms with van der Waals surface area (Å²) in [5.41, 5.74) is 12.2. The Bertz CT molecular complexity index is 1430. The fourth-order valence-corrected chi connectivity index (χ4v) is 6.76. The third-order valence-electron chi connectivity index (χ3n) is 5.83. The van der Waals surface area contributed by atoms with Gasteiger partial charge in [0.15, 0.2) is 0 Å². The minimum absolute atomic E-state index is 0.256. The van der Waals surface area contributed by atoms with Crippen molar-refractivity contribution >= 4 is 55.5 Å². The second-order valence-corrected chi connectivity index (χ2v) is 10.1. The number of hydrogen-bond acceptors (Lipinski definition) is 7. The molecule has 0 radical (unpaired) electrons. The molecule has 6 nitrogen and oxygen atoms in total. The molecule has 0 bridgehead atoms. The minimum Gasteiger partial charge on any atom is -0.462 e. The number of benzene rings is 1. The van der Waals surface area contributed by atoms with Crippen molar-refractivity contribution in [3.05, 3.63) is 62.5 Å². The van der Waals surface area contributed by atoms with Crippen LogP contribution in [-0.4, -0.2) is 23.5 Å². The molecule has 1 aromatic carbocycles. The zero-order chi connectivity index (χ0) is 23.3. The van der Waals surface area contributed by atoms with Crippen LogP contribution in [-0.2, 0) is 17.6 Å². The normalized spacial score (nSPS) is 12.3. The first-order valence-electron chi connectivity index (χ1n) is 10.8. The number of carbonyl (C=O) groups excluding carboxylic acids is 2. The quantitative estimate of drug-likeness (QED) is 0.365. The van der Waals surface area contributed by atoms with Crippen molar-refractivity contribution in [3.63, 3.8) is 0 Å². The zero-order valence-corrected chi connectivity index (χ0v) is 20.2. The summed E-state index contributed by atoms with van der Waals surface area (Å²) in [6, 6.07) is 10.0. The van der Waals surface area contributed by atoms with Gasteiger partial charge in [-0.1, -0.05) is 24.3 Å². The molecule has 0 unspecified atom stereocenters. The van der Waals surface area contributed by atoms with Crippen molar-refractivity contribution in [2.75, 3.05) is 17.7 Å². The van der Waals surface area contributed by atoms with E-state index in [0.717, 1.165) is 50.3 Å². The van der Waals surface area contributed by atoms with E-state index >= 15 is 0 Å². The molecule has 168 valence electrons. The van der Waals surface area contributed by atoms with E-state index in [1.54, 1.807) is 6.92 Å². The van der Waals surface area contributed by atoms with Crippen LogP contribution in [0.25, 0.3) is 21.3 Å². The van der Waals surface area contributed by atoms with Crippen molar-refractivity contribution in [3.8, 4) is 11.1 Å². The van der Waals surface area contributed by atoms with E-state index in [1.165, 1.54) is 28.2 Å². The predicted molar refractivity (Wildman–Crippen MR) is 135 cm³/mol. The summed E-state index contributed by atoms with van der Waals surface area (Å²) in [5, 5.41) is 4.28. The lowest BCUT2D eigenvalue weighted by molar-refractivity contribution is 0.0529. The first-order chi connectivity index (χ1) is 15.9. The van der Waals surface area contributed by atoms with Crippen molar-refractivity contribution in [1.29, 1.82) is 0 Å². The summed E-state index contributed by atoms with van der Waals surface area (Å²) in [7, 11) is 0. The number of esters is 1. The Labute approximate surface area is 199 Å². The van der Waals surface area contributed by atoms with Gasteiger partial charge in [-0.2, -0.15) is 0 Å². The Morgan fingerprint density at radius 3 is 2.76 bits per heavy atom. The number of ether oxygens (including phenoxy) is 1. The molecule has 4 aromatic rings. The number of anilines is 2. The van der Waals surface area contributed by atoms with E-state index in [2.05, 4.69) is 16.4 Å². The summed E-state index contributed by atoms with van der Waals surface area (Å²) in [5.74, 6) is -0.774. The number of nitrogens with zero attached hydrogens (tertiary/aromatic N) is 1. The van der Waals surface area contributed by atoms with Gasteiger partial charge in [-0.25, -0.2) is 9.78 Å². The maximum absolute atomic E-state index is 13.3. The molecule has 1 aliphatic carbocycles. The predicted octanol–water partition coefficient (Wildman–Crippen LogP) is 5.75. The SMILES string of the molecule is CCOC(=O)c1c(NC(=O)c2sc3nc(C)cc(C)c3c2N)sc2c1-c1ccccc1CC2. The summed E-state index contributed by atoms with van der Waals surface area (Å²) in [4.78, 5) is 33.1. The molecule has 1 amide bonds. The molecule has 1 aliphatic rings. The number of aryl methyl sites for hydroxylation is 4. The number of hydrogen-bond donors (Lipinski definition) is 2. The van der Waals surface area contributed by atoms with E-state index in [1.807, 2.05) is 38.1 Å². The average molecular weight is 478 g/mol. The Kier molecular flexibility index (Phi) is 5.42. The van der Waals surface area contributed by atoms with E-state index in [-0.39, 0.29) is 12.5 Å². The van der Waals surface area contributed by atoms with Crippen LogP contribution >= 0.6 is 22.7 Å². The number of aromatic nitrogens is 1. The van der Waals surface area contributed by atoms with Crippen LogP contribution in [0.4, 0.5) is 10.7 Å². The third-order valence-corrected chi connectivity index (χ3v) is 8.09. The lowest BCUT2D eigenvalue weighted by Gasteiger charge is -2.17. The summed E-state index contributed by atoms with van der Waals surface area (Å²) < 4.78 is 5.38. The number of thiophene rings is 2. The molecule has 3 N–H and O–H groups in total. The Balaban J connectivity index is 1.60. The van der Waals surface area contributed by atoms with Crippen molar-refractivity contribution in [2.45, 2.75) is 33.6 Å². The molecule has 0 aliphatic heterocycles. The topological polar surface area (TPSA) is 94.3 Å². The molecule has 3 heterocycles. The molecule has 0 fully saturated rings. The lowest BCUT2D eigenvalue weighted by atomic mass is 9.88. The first kappa shape index (κ1) is 21.6. The van der Waals surface area contributed by atoms with Gasteiger partial charge in [0.1, 0.15) is 20.3 Å². The average Bonchev–Trinajstić information content (AvgIpc) is 3.31. The molecule has 0 saturated carbocycles. The van der Waals surface area contributed by atoms with Gasteiger partial charge in [-0.3, -0.25) is 4.79 Å². The number of amides is 1. The highest BCUT2D eigenvalue weighted by molar-refractivity contribution is 7.21. The number of carbonyl (C=O) groups is 2. The summed E-state index contributed by atoms with van der Waals surface area (Å²) in [6.45, 7) is 5.91. The van der Waals surface area contributed by atoms with Crippen molar-refractivity contribution in [1.82, 2.24) is 4.98 Å². The lowest BCUT2D eigenvalue weighted by Crippen LogP contribution is -2.15.